The van der Waals surface area contributed by atoms with Gasteiger partial charge in [0.05, 0.1) is 4.90 Å². The predicted molar refractivity (Wildman–Crippen MR) is 99.6 cm³/mol. The van der Waals surface area contributed by atoms with Gasteiger partial charge in [-0.05, 0) is 36.6 Å². The van der Waals surface area contributed by atoms with Crippen LogP contribution in [0.25, 0.3) is 0 Å². The normalized spacial score (nSPS) is 11.6. The SMILES string of the molecule is CCC(=O)Nc1ccc(S(=O)(=O)N(CCCNC(=O)O)CC(C)C)cc1. The lowest BCUT2D eigenvalue weighted by Crippen LogP contribution is -2.36. The predicted octanol–water partition coefficient (Wildman–Crippen LogP) is 2.34. The van der Waals surface area contributed by atoms with Gasteiger partial charge in [-0.25, -0.2) is 13.2 Å². The molecule has 1 aromatic rings. The lowest BCUT2D eigenvalue weighted by molar-refractivity contribution is -0.115. The van der Waals surface area contributed by atoms with Crippen LogP contribution in [-0.4, -0.2) is 49.5 Å². The van der Waals surface area contributed by atoms with E-state index in [4.69, 9.17) is 5.11 Å². The van der Waals surface area contributed by atoms with Crippen molar-refractivity contribution in [2.24, 2.45) is 5.92 Å². The van der Waals surface area contributed by atoms with Crippen LogP contribution in [0.1, 0.15) is 33.6 Å². The van der Waals surface area contributed by atoms with Gasteiger partial charge in [-0.3, -0.25) is 4.79 Å². The summed E-state index contributed by atoms with van der Waals surface area (Å²) in [7, 11) is -3.70. The van der Waals surface area contributed by atoms with Gasteiger partial charge in [-0.1, -0.05) is 20.8 Å². The molecule has 0 radical (unpaired) electrons. The summed E-state index contributed by atoms with van der Waals surface area (Å²) < 4.78 is 27.1. The van der Waals surface area contributed by atoms with Crippen LogP contribution in [0.5, 0.6) is 0 Å². The first kappa shape index (κ1) is 21.9. The summed E-state index contributed by atoms with van der Waals surface area (Å²) >= 11 is 0. The fourth-order valence-corrected chi connectivity index (χ4v) is 3.92. The van der Waals surface area contributed by atoms with Crippen molar-refractivity contribution < 1.29 is 23.1 Å². The fraction of sp³-hybridized carbons (Fsp3) is 0.529. The molecule has 0 bridgehead atoms. The quantitative estimate of drug-likeness (QED) is 0.535. The molecule has 0 unspecified atom stereocenters. The van der Waals surface area contributed by atoms with Gasteiger partial charge in [-0.2, -0.15) is 4.31 Å². The molecule has 0 saturated heterocycles. The monoisotopic (exact) mass is 385 g/mol. The van der Waals surface area contributed by atoms with E-state index in [0.717, 1.165) is 0 Å². The molecule has 3 N–H and O–H groups in total. The van der Waals surface area contributed by atoms with Gasteiger partial charge < -0.3 is 15.7 Å². The van der Waals surface area contributed by atoms with E-state index in [0.29, 0.717) is 25.1 Å². The van der Waals surface area contributed by atoms with Crippen LogP contribution in [0.15, 0.2) is 29.2 Å². The molecule has 146 valence electrons. The molecule has 1 aromatic carbocycles. The highest BCUT2D eigenvalue weighted by atomic mass is 32.2. The Morgan fingerprint density at radius 3 is 2.31 bits per heavy atom. The average Bonchev–Trinajstić information content (AvgIpc) is 2.57. The topological polar surface area (TPSA) is 116 Å². The molecule has 1 rings (SSSR count). The van der Waals surface area contributed by atoms with Crippen molar-refractivity contribution in [1.29, 1.82) is 0 Å². The maximum atomic E-state index is 12.9. The second kappa shape index (κ2) is 10.1. The number of rotatable bonds is 10. The number of carbonyl (C=O) groups excluding carboxylic acids is 1. The molecule has 0 heterocycles. The Morgan fingerprint density at radius 1 is 1.19 bits per heavy atom. The van der Waals surface area contributed by atoms with E-state index in [-0.39, 0.29) is 29.8 Å². The van der Waals surface area contributed by atoms with Gasteiger partial charge in [-0.15, -0.1) is 0 Å². The first-order valence-corrected chi connectivity index (χ1v) is 9.97. The summed E-state index contributed by atoms with van der Waals surface area (Å²) in [4.78, 5) is 22.0. The minimum atomic E-state index is -3.70. The summed E-state index contributed by atoms with van der Waals surface area (Å²) in [6.45, 7) is 6.31. The van der Waals surface area contributed by atoms with Crippen molar-refractivity contribution in [3.63, 3.8) is 0 Å². The van der Waals surface area contributed by atoms with Crippen molar-refractivity contribution in [2.75, 3.05) is 25.0 Å². The number of carboxylic acid groups (broad SMARTS) is 1. The van der Waals surface area contributed by atoms with Crippen LogP contribution in [-0.2, 0) is 14.8 Å². The van der Waals surface area contributed by atoms with Crippen LogP contribution >= 0.6 is 0 Å². The Hall–Kier alpha value is -2.13. The minimum Gasteiger partial charge on any atom is -0.465 e. The Kier molecular flexibility index (Phi) is 8.53. The van der Waals surface area contributed by atoms with Crippen molar-refractivity contribution in [3.05, 3.63) is 24.3 Å². The van der Waals surface area contributed by atoms with Crippen LogP contribution in [0, 0.1) is 5.92 Å². The molecule has 8 nitrogen and oxygen atoms in total. The number of hydrogen-bond acceptors (Lipinski definition) is 4. The molecule has 0 aliphatic carbocycles. The molecule has 0 saturated carbocycles. The van der Waals surface area contributed by atoms with Crippen molar-refractivity contribution in [1.82, 2.24) is 9.62 Å². The second-order valence-corrected chi connectivity index (χ2v) is 8.21. The zero-order chi connectivity index (χ0) is 19.7. The molecule has 0 atom stereocenters. The molecule has 0 spiro atoms. The largest absolute Gasteiger partial charge is 0.465 e. The third-order valence-corrected chi connectivity index (χ3v) is 5.41. The maximum absolute atomic E-state index is 12.9. The lowest BCUT2D eigenvalue weighted by atomic mass is 10.2. The van der Waals surface area contributed by atoms with Crippen LogP contribution in [0.4, 0.5) is 10.5 Å². The van der Waals surface area contributed by atoms with Crippen molar-refractivity contribution in [3.8, 4) is 0 Å². The average molecular weight is 385 g/mol. The number of nitrogens with one attached hydrogen (secondary N) is 2. The van der Waals surface area contributed by atoms with E-state index in [1.54, 1.807) is 19.1 Å². The van der Waals surface area contributed by atoms with E-state index in [2.05, 4.69) is 10.6 Å². The first-order chi connectivity index (χ1) is 12.2. The number of benzene rings is 1. The lowest BCUT2D eigenvalue weighted by Gasteiger charge is -2.24. The molecule has 9 heteroatoms. The molecular formula is C17H27N3O5S. The third kappa shape index (κ3) is 7.01. The van der Waals surface area contributed by atoms with E-state index < -0.39 is 16.1 Å². The van der Waals surface area contributed by atoms with Crippen LogP contribution in [0.2, 0.25) is 0 Å². The summed E-state index contributed by atoms with van der Waals surface area (Å²) in [6.07, 6.45) is -0.414. The van der Waals surface area contributed by atoms with Gasteiger partial charge in [0.2, 0.25) is 15.9 Å². The number of anilines is 1. The molecule has 0 fully saturated rings. The summed E-state index contributed by atoms with van der Waals surface area (Å²) in [5, 5.41) is 13.5. The second-order valence-electron chi connectivity index (χ2n) is 6.27. The smallest absolute Gasteiger partial charge is 0.404 e. The Labute approximate surface area is 154 Å². The highest BCUT2D eigenvalue weighted by Gasteiger charge is 2.24. The highest BCUT2D eigenvalue weighted by Crippen LogP contribution is 2.20. The minimum absolute atomic E-state index is 0.125. The van der Waals surface area contributed by atoms with Crippen molar-refractivity contribution >= 4 is 27.7 Å². The number of sulfonamides is 1. The fourth-order valence-electron chi connectivity index (χ4n) is 2.28. The Morgan fingerprint density at radius 2 is 1.81 bits per heavy atom. The van der Waals surface area contributed by atoms with E-state index >= 15 is 0 Å². The van der Waals surface area contributed by atoms with Gasteiger partial charge in [0, 0.05) is 31.7 Å². The molecule has 0 aliphatic heterocycles. The van der Waals surface area contributed by atoms with Gasteiger partial charge in [0.15, 0.2) is 0 Å². The number of nitrogens with zero attached hydrogens (tertiary/aromatic N) is 1. The third-order valence-electron chi connectivity index (χ3n) is 3.53. The zero-order valence-corrected chi connectivity index (χ0v) is 16.2. The Bertz CT molecular complexity index is 702. The number of hydrogen-bond donors (Lipinski definition) is 3. The number of amides is 2. The first-order valence-electron chi connectivity index (χ1n) is 8.53. The van der Waals surface area contributed by atoms with Crippen molar-refractivity contribution in [2.45, 2.75) is 38.5 Å². The summed E-state index contributed by atoms with van der Waals surface area (Å²) in [6, 6.07) is 6.03. The van der Waals surface area contributed by atoms with Gasteiger partial charge >= 0.3 is 6.09 Å². The van der Waals surface area contributed by atoms with Crippen LogP contribution < -0.4 is 10.6 Å². The zero-order valence-electron chi connectivity index (χ0n) is 15.4. The molecular weight excluding hydrogens is 358 g/mol. The molecule has 0 aliphatic rings. The van der Waals surface area contributed by atoms with Crippen LogP contribution in [0.3, 0.4) is 0 Å². The summed E-state index contributed by atoms with van der Waals surface area (Å²) in [5.41, 5.74) is 0.539. The van der Waals surface area contributed by atoms with Gasteiger partial charge in [0.1, 0.15) is 0 Å². The molecule has 0 aromatic heterocycles. The van der Waals surface area contributed by atoms with E-state index in [9.17, 15) is 18.0 Å². The van der Waals surface area contributed by atoms with E-state index in [1.165, 1.54) is 16.4 Å². The highest BCUT2D eigenvalue weighted by molar-refractivity contribution is 7.89. The summed E-state index contributed by atoms with van der Waals surface area (Å²) in [5.74, 6) is -0.0201. The maximum Gasteiger partial charge on any atom is 0.404 e. The van der Waals surface area contributed by atoms with E-state index in [1.807, 2.05) is 13.8 Å². The van der Waals surface area contributed by atoms with Gasteiger partial charge in [0.25, 0.3) is 0 Å². The molecule has 2 amide bonds. The number of carbonyl (C=O) groups is 2. The Balaban J connectivity index is 2.89. The standard InChI is InChI=1S/C17H27N3O5S/c1-4-16(21)19-14-6-8-15(9-7-14)26(24,25)20(12-13(2)3)11-5-10-18-17(22)23/h6-9,13,18H,4-5,10-12H2,1-3H3,(H,19,21)(H,22,23). The molecule has 26 heavy (non-hydrogen) atoms.